The molecule has 0 saturated heterocycles. The molecule has 1 heterocycles. The van der Waals surface area contributed by atoms with Gasteiger partial charge in [0.25, 0.3) is 5.91 Å². The van der Waals surface area contributed by atoms with Crippen LogP contribution in [0.2, 0.25) is 5.02 Å². The lowest BCUT2D eigenvalue weighted by Gasteiger charge is -2.33. The zero-order valence-corrected chi connectivity index (χ0v) is 18.5. The Morgan fingerprint density at radius 3 is 2.70 bits per heavy atom. The Labute approximate surface area is 186 Å². The van der Waals surface area contributed by atoms with Gasteiger partial charge in [0, 0.05) is 16.5 Å². The van der Waals surface area contributed by atoms with Crippen molar-refractivity contribution in [2.45, 2.75) is 42.8 Å². The number of fused-ring (bicyclic) bond motifs is 1. The van der Waals surface area contributed by atoms with Gasteiger partial charge in [-0.05, 0) is 68.1 Å². The SMILES string of the molecule is CCNC(=O)C(O)[C@H](Cc1ccccc1)NC(=O)C1Cc2cc(Cl)ccc2SN1C. The minimum absolute atomic E-state index is 0.236. The van der Waals surface area contributed by atoms with Crippen molar-refractivity contribution < 1.29 is 14.7 Å². The number of rotatable bonds is 7. The molecule has 0 saturated carbocycles. The van der Waals surface area contributed by atoms with Crippen molar-refractivity contribution in [2.24, 2.45) is 0 Å². The number of hydrogen-bond acceptors (Lipinski definition) is 5. The highest BCUT2D eigenvalue weighted by molar-refractivity contribution is 7.97. The van der Waals surface area contributed by atoms with E-state index in [2.05, 4.69) is 10.6 Å². The number of carbonyl (C=O) groups is 2. The van der Waals surface area contributed by atoms with E-state index in [1.54, 1.807) is 6.92 Å². The lowest BCUT2D eigenvalue weighted by atomic mass is 9.99. The van der Waals surface area contributed by atoms with E-state index in [1.807, 2.05) is 59.9 Å². The highest BCUT2D eigenvalue weighted by Crippen LogP contribution is 2.35. The molecule has 2 aromatic carbocycles. The first-order valence-electron chi connectivity index (χ1n) is 9.88. The van der Waals surface area contributed by atoms with Crippen LogP contribution in [0.25, 0.3) is 0 Å². The van der Waals surface area contributed by atoms with Crippen LogP contribution in [0, 0.1) is 0 Å². The number of benzene rings is 2. The molecule has 3 atom stereocenters. The number of halogens is 1. The van der Waals surface area contributed by atoms with Crippen LogP contribution in [0.1, 0.15) is 18.1 Å². The Morgan fingerprint density at radius 1 is 1.27 bits per heavy atom. The number of likely N-dealkylation sites (N-methyl/N-ethyl adjacent to an activating group) is 2. The van der Waals surface area contributed by atoms with Crippen molar-refractivity contribution >= 4 is 35.4 Å². The van der Waals surface area contributed by atoms with Crippen molar-refractivity contribution in [3.63, 3.8) is 0 Å². The van der Waals surface area contributed by atoms with Gasteiger partial charge in [0.1, 0.15) is 6.04 Å². The van der Waals surface area contributed by atoms with E-state index in [9.17, 15) is 14.7 Å². The molecule has 0 bridgehead atoms. The van der Waals surface area contributed by atoms with Gasteiger partial charge in [0.15, 0.2) is 6.10 Å². The van der Waals surface area contributed by atoms with E-state index in [1.165, 1.54) is 11.9 Å². The lowest BCUT2D eigenvalue weighted by molar-refractivity contribution is -0.132. The third-order valence-corrected chi connectivity index (χ3v) is 6.42. The number of aliphatic hydroxyl groups is 1. The van der Waals surface area contributed by atoms with Crippen LogP contribution in [-0.4, -0.2) is 53.0 Å². The summed E-state index contributed by atoms with van der Waals surface area (Å²) in [4.78, 5) is 26.5. The normalized spacial score (nSPS) is 18.2. The molecule has 0 fully saturated rings. The maximum absolute atomic E-state index is 13.1. The van der Waals surface area contributed by atoms with Crippen LogP contribution in [0.15, 0.2) is 53.4 Å². The zero-order chi connectivity index (χ0) is 21.7. The second-order valence-corrected chi connectivity index (χ2v) is 8.89. The molecule has 0 aliphatic carbocycles. The summed E-state index contributed by atoms with van der Waals surface area (Å²) < 4.78 is 1.89. The number of amides is 2. The van der Waals surface area contributed by atoms with E-state index in [-0.39, 0.29) is 5.91 Å². The fourth-order valence-corrected chi connectivity index (χ4v) is 4.65. The Morgan fingerprint density at radius 2 is 2.00 bits per heavy atom. The molecule has 0 radical (unpaired) electrons. The molecular formula is C22H26ClN3O3S. The molecule has 160 valence electrons. The average molecular weight is 448 g/mol. The summed E-state index contributed by atoms with van der Waals surface area (Å²) in [6.07, 6.45) is -0.505. The Bertz CT molecular complexity index is 896. The van der Waals surface area contributed by atoms with Gasteiger partial charge in [-0.1, -0.05) is 41.9 Å². The molecule has 6 nitrogen and oxygen atoms in total. The highest BCUT2D eigenvalue weighted by Gasteiger charge is 2.34. The molecule has 3 N–H and O–H groups in total. The van der Waals surface area contributed by atoms with Gasteiger partial charge in [0.05, 0.1) is 6.04 Å². The van der Waals surface area contributed by atoms with Gasteiger partial charge >= 0.3 is 0 Å². The third kappa shape index (κ3) is 5.55. The second kappa shape index (κ2) is 10.3. The monoisotopic (exact) mass is 447 g/mol. The van der Waals surface area contributed by atoms with Crippen LogP contribution < -0.4 is 10.6 Å². The molecule has 3 rings (SSSR count). The molecule has 8 heteroatoms. The summed E-state index contributed by atoms with van der Waals surface area (Å²) >= 11 is 7.60. The molecule has 2 amide bonds. The summed E-state index contributed by atoms with van der Waals surface area (Å²) in [7, 11) is 1.86. The largest absolute Gasteiger partial charge is 0.381 e. The van der Waals surface area contributed by atoms with E-state index in [0.717, 1.165) is 16.0 Å². The quantitative estimate of drug-likeness (QED) is 0.568. The van der Waals surface area contributed by atoms with Gasteiger partial charge < -0.3 is 15.7 Å². The minimum Gasteiger partial charge on any atom is -0.381 e. The standard InChI is InChI=1S/C22H26ClN3O3S/c1-3-24-22(29)20(27)17(11-14-7-5-4-6-8-14)25-21(28)18-13-15-12-16(23)9-10-19(15)30-26(18)2/h4-10,12,17-18,20,27H,3,11,13H2,1-2H3,(H,24,29)(H,25,28)/t17-,18?,20?/m0/s1. The van der Waals surface area contributed by atoms with Crippen molar-refractivity contribution in [3.05, 3.63) is 64.7 Å². The molecule has 0 spiro atoms. The van der Waals surface area contributed by atoms with E-state index < -0.39 is 24.1 Å². The van der Waals surface area contributed by atoms with Gasteiger partial charge in [-0.25, -0.2) is 4.31 Å². The number of hydrogen-bond donors (Lipinski definition) is 3. The van der Waals surface area contributed by atoms with Gasteiger partial charge in [-0.3, -0.25) is 9.59 Å². The van der Waals surface area contributed by atoms with E-state index >= 15 is 0 Å². The Balaban J connectivity index is 1.77. The molecule has 1 aliphatic rings. The number of aliphatic hydroxyl groups excluding tert-OH is 1. The summed E-state index contributed by atoms with van der Waals surface area (Å²) in [5.41, 5.74) is 1.93. The van der Waals surface area contributed by atoms with Gasteiger partial charge in [-0.2, -0.15) is 0 Å². The number of carbonyl (C=O) groups excluding carboxylic acids is 2. The first kappa shape index (κ1) is 22.6. The van der Waals surface area contributed by atoms with Crippen molar-refractivity contribution in [3.8, 4) is 0 Å². The predicted molar refractivity (Wildman–Crippen MR) is 119 cm³/mol. The van der Waals surface area contributed by atoms with Gasteiger partial charge in [0.2, 0.25) is 5.91 Å². The van der Waals surface area contributed by atoms with Gasteiger partial charge in [-0.15, -0.1) is 0 Å². The first-order chi connectivity index (χ1) is 14.4. The van der Waals surface area contributed by atoms with Crippen LogP contribution >= 0.6 is 23.5 Å². The summed E-state index contributed by atoms with van der Waals surface area (Å²) in [5.74, 6) is -0.734. The molecule has 2 unspecified atom stereocenters. The zero-order valence-electron chi connectivity index (χ0n) is 17.0. The van der Waals surface area contributed by atoms with Crippen molar-refractivity contribution in [1.29, 1.82) is 0 Å². The lowest BCUT2D eigenvalue weighted by Crippen LogP contribution is -2.56. The Hall–Kier alpha value is -2.06. The third-order valence-electron chi connectivity index (χ3n) is 5.05. The van der Waals surface area contributed by atoms with Crippen molar-refractivity contribution in [1.82, 2.24) is 14.9 Å². The van der Waals surface area contributed by atoms with Crippen molar-refractivity contribution in [2.75, 3.05) is 13.6 Å². The molecular weight excluding hydrogens is 422 g/mol. The molecule has 30 heavy (non-hydrogen) atoms. The summed E-state index contributed by atoms with van der Waals surface area (Å²) in [6.45, 7) is 2.19. The fraction of sp³-hybridized carbons (Fsp3) is 0.364. The van der Waals surface area contributed by atoms with E-state index in [0.29, 0.717) is 24.4 Å². The van der Waals surface area contributed by atoms with Crippen LogP contribution in [0.3, 0.4) is 0 Å². The first-order valence-corrected chi connectivity index (χ1v) is 11.0. The minimum atomic E-state index is -1.35. The fourth-order valence-electron chi connectivity index (χ4n) is 3.46. The van der Waals surface area contributed by atoms with Crippen LogP contribution in [0.5, 0.6) is 0 Å². The maximum Gasteiger partial charge on any atom is 0.250 e. The average Bonchev–Trinajstić information content (AvgIpc) is 2.73. The number of nitrogens with one attached hydrogen (secondary N) is 2. The highest BCUT2D eigenvalue weighted by atomic mass is 35.5. The molecule has 0 aromatic heterocycles. The Kier molecular flexibility index (Phi) is 7.77. The second-order valence-electron chi connectivity index (χ2n) is 7.25. The summed E-state index contributed by atoms with van der Waals surface area (Å²) in [5, 5.41) is 16.8. The van der Waals surface area contributed by atoms with Crippen LogP contribution in [0.4, 0.5) is 0 Å². The van der Waals surface area contributed by atoms with Crippen LogP contribution in [-0.2, 0) is 22.4 Å². The molecule has 1 aliphatic heterocycles. The number of nitrogens with zero attached hydrogens (tertiary/aromatic N) is 1. The smallest absolute Gasteiger partial charge is 0.250 e. The topological polar surface area (TPSA) is 81.7 Å². The van der Waals surface area contributed by atoms with E-state index in [4.69, 9.17) is 11.6 Å². The maximum atomic E-state index is 13.1. The molecule has 2 aromatic rings. The predicted octanol–water partition coefficient (Wildman–Crippen LogP) is 2.43. The summed E-state index contributed by atoms with van der Waals surface area (Å²) in [6, 6.07) is 14.0.